The number of anilines is 1. The van der Waals surface area contributed by atoms with Crippen molar-refractivity contribution in [1.29, 1.82) is 0 Å². The highest BCUT2D eigenvalue weighted by Gasteiger charge is 2.69. The van der Waals surface area contributed by atoms with Gasteiger partial charge in [0.1, 0.15) is 4.33 Å². The third kappa shape index (κ3) is 3.11. The average molecular weight is 405 g/mol. The van der Waals surface area contributed by atoms with E-state index in [-0.39, 0.29) is 5.91 Å². The maximum absolute atomic E-state index is 13.3. The van der Waals surface area contributed by atoms with Crippen LogP contribution in [0, 0.1) is 5.41 Å². The van der Waals surface area contributed by atoms with Crippen molar-refractivity contribution < 1.29 is 4.79 Å². The lowest BCUT2D eigenvalue weighted by molar-refractivity contribution is -0.123. The van der Waals surface area contributed by atoms with Gasteiger partial charge in [0.05, 0.1) is 15.6 Å². The van der Waals surface area contributed by atoms with Crippen LogP contribution in [0.5, 0.6) is 0 Å². The minimum absolute atomic E-state index is 0.0579. The largest absolute Gasteiger partial charge is 0.287 e. The number of nitrogens with zero attached hydrogens (tertiary/aromatic N) is 2. The Morgan fingerprint density at radius 3 is 2.46 bits per heavy atom. The van der Waals surface area contributed by atoms with Gasteiger partial charge < -0.3 is 0 Å². The summed E-state index contributed by atoms with van der Waals surface area (Å²) in [5.74, 6) is -0.0579. The van der Waals surface area contributed by atoms with Gasteiger partial charge in [-0.2, -0.15) is 0 Å². The van der Waals surface area contributed by atoms with Gasteiger partial charge in [0.25, 0.3) is 0 Å². The predicted octanol–water partition coefficient (Wildman–Crippen LogP) is 5.46. The van der Waals surface area contributed by atoms with Gasteiger partial charge in [0, 0.05) is 6.54 Å². The summed E-state index contributed by atoms with van der Waals surface area (Å²) in [7, 11) is 0. The zero-order valence-corrected chi connectivity index (χ0v) is 16.6. The molecular weight excluding hydrogens is 387 g/mol. The highest BCUT2D eigenvalue weighted by Crippen LogP contribution is 2.64. The monoisotopic (exact) mass is 404 g/mol. The van der Waals surface area contributed by atoms with Crippen LogP contribution in [0.3, 0.4) is 0 Å². The zero-order valence-electron chi connectivity index (χ0n) is 14.3. The van der Waals surface area contributed by atoms with Gasteiger partial charge in [-0.05, 0) is 37.5 Å². The number of thiazole rings is 1. The van der Waals surface area contributed by atoms with E-state index in [9.17, 15) is 4.79 Å². The summed E-state index contributed by atoms with van der Waals surface area (Å²) < 4.78 is 0.0649. The Morgan fingerprint density at radius 1 is 1.15 bits per heavy atom. The lowest BCUT2D eigenvalue weighted by atomic mass is 10.1. The van der Waals surface area contributed by atoms with E-state index < -0.39 is 9.75 Å². The Hall–Kier alpha value is -1.62. The fraction of sp³-hybridized carbons (Fsp3) is 0.300. The number of amides is 1. The Bertz CT molecular complexity index is 924. The van der Waals surface area contributed by atoms with Gasteiger partial charge in [0.2, 0.25) is 5.91 Å². The molecule has 1 aromatic heterocycles. The molecule has 1 unspecified atom stereocenters. The van der Waals surface area contributed by atoms with E-state index in [4.69, 9.17) is 23.2 Å². The van der Waals surface area contributed by atoms with E-state index >= 15 is 0 Å². The Morgan fingerprint density at radius 2 is 1.81 bits per heavy atom. The SMILES string of the molecule is CC1(C(=O)N(CCc2ccccc2)c2nc3ccccc3s2)CC1(Cl)Cl. The molecule has 26 heavy (non-hydrogen) atoms. The van der Waals surface area contributed by atoms with Crippen molar-refractivity contribution in [2.75, 3.05) is 11.4 Å². The molecule has 4 rings (SSSR count). The molecule has 1 atom stereocenters. The van der Waals surface area contributed by atoms with Gasteiger partial charge >= 0.3 is 0 Å². The first-order chi connectivity index (χ1) is 12.4. The first-order valence-corrected chi connectivity index (χ1v) is 10.1. The van der Waals surface area contributed by atoms with Crippen LogP contribution in [0.4, 0.5) is 5.13 Å². The van der Waals surface area contributed by atoms with E-state index in [2.05, 4.69) is 17.1 Å². The topological polar surface area (TPSA) is 33.2 Å². The fourth-order valence-corrected chi connectivity index (χ4v) is 4.76. The molecule has 6 heteroatoms. The van der Waals surface area contributed by atoms with Crippen LogP contribution < -0.4 is 4.90 Å². The number of carbonyl (C=O) groups is 1. The molecule has 1 aliphatic rings. The molecule has 1 heterocycles. The molecule has 0 radical (unpaired) electrons. The van der Waals surface area contributed by atoms with Crippen LogP contribution in [0.25, 0.3) is 10.2 Å². The number of fused-ring (bicyclic) bond motifs is 1. The van der Waals surface area contributed by atoms with Crippen LogP contribution >= 0.6 is 34.5 Å². The summed E-state index contributed by atoms with van der Waals surface area (Å²) in [5.41, 5.74) is 1.31. The van der Waals surface area contributed by atoms with Gasteiger partial charge in [-0.15, -0.1) is 23.2 Å². The molecule has 0 aliphatic heterocycles. The quantitative estimate of drug-likeness (QED) is 0.529. The highest BCUT2D eigenvalue weighted by atomic mass is 35.5. The molecule has 0 N–H and O–H groups in total. The Balaban J connectivity index is 1.65. The summed E-state index contributed by atoms with van der Waals surface area (Å²) in [6, 6.07) is 18.0. The molecule has 1 amide bonds. The Kier molecular flexibility index (Phi) is 4.46. The number of hydrogen-bond donors (Lipinski definition) is 0. The highest BCUT2D eigenvalue weighted by molar-refractivity contribution is 7.22. The van der Waals surface area contributed by atoms with Crippen molar-refractivity contribution in [3.8, 4) is 0 Å². The van der Waals surface area contributed by atoms with Crippen molar-refractivity contribution in [3.05, 3.63) is 60.2 Å². The lowest BCUT2D eigenvalue weighted by Gasteiger charge is -2.24. The number of halogens is 2. The van der Waals surface area contributed by atoms with Crippen LogP contribution in [-0.4, -0.2) is 21.8 Å². The number of hydrogen-bond acceptors (Lipinski definition) is 3. The fourth-order valence-electron chi connectivity index (χ4n) is 3.07. The van der Waals surface area contributed by atoms with E-state index in [0.29, 0.717) is 18.1 Å². The maximum atomic E-state index is 13.3. The summed E-state index contributed by atoms with van der Waals surface area (Å²) in [5, 5.41) is 0.699. The summed E-state index contributed by atoms with van der Waals surface area (Å²) >= 11 is 14.1. The van der Waals surface area contributed by atoms with E-state index in [0.717, 1.165) is 16.6 Å². The zero-order chi connectivity index (χ0) is 18.4. The summed E-state index contributed by atoms with van der Waals surface area (Å²) in [6.45, 7) is 2.38. The number of alkyl halides is 2. The van der Waals surface area contributed by atoms with Crippen molar-refractivity contribution in [2.24, 2.45) is 5.41 Å². The first kappa shape index (κ1) is 17.8. The number of aromatic nitrogens is 1. The molecule has 0 spiro atoms. The molecule has 1 fully saturated rings. The van der Waals surface area contributed by atoms with Gasteiger partial charge in [-0.3, -0.25) is 9.69 Å². The molecule has 1 saturated carbocycles. The predicted molar refractivity (Wildman–Crippen MR) is 109 cm³/mol. The second-order valence-electron chi connectivity index (χ2n) is 6.87. The number of para-hydroxylation sites is 1. The molecule has 1 aliphatic carbocycles. The smallest absolute Gasteiger partial charge is 0.237 e. The molecule has 0 saturated heterocycles. The van der Waals surface area contributed by atoms with Crippen LogP contribution in [0.1, 0.15) is 18.9 Å². The molecule has 3 nitrogen and oxygen atoms in total. The minimum atomic E-state index is -0.994. The lowest BCUT2D eigenvalue weighted by Crippen LogP contribution is -2.39. The van der Waals surface area contributed by atoms with E-state index in [1.54, 1.807) is 4.90 Å². The van der Waals surface area contributed by atoms with Crippen molar-refractivity contribution in [3.63, 3.8) is 0 Å². The van der Waals surface area contributed by atoms with E-state index in [1.165, 1.54) is 16.9 Å². The van der Waals surface area contributed by atoms with E-state index in [1.807, 2.05) is 49.4 Å². The summed E-state index contributed by atoms with van der Waals surface area (Å²) in [6.07, 6.45) is 1.21. The van der Waals surface area contributed by atoms with Crippen molar-refractivity contribution >= 4 is 55.8 Å². The first-order valence-electron chi connectivity index (χ1n) is 8.50. The number of benzene rings is 2. The van der Waals surface area contributed by atoms with Gasteiger partial charge in [-0.1, -0.05) is 53.8 Å². The molecular formula is C20H18Cl2N2OS. The third-order valence-electron chi connectivity index (χ3n) is 4.96. The second-order valence-corrected chi connectivity index (χ2v) is 9.36. The average Bonchev–Trinajstić information content (AvgIpc) is 2.96. The van der Waals surface area contributed by atoms with Crippen LogP contribution in [0.15, 0.2) is 54.6 Å². The third-order valence-corrected chi connectivity index (χ3v) is 7.12. The van der Waals surface area contributed by atoms with Gasteiger partial charge in [-0.25, -0.2) is 4.98 Å². The van der Waals surface area contributed by atoms with Crippen LogP contribution in [-0.2, 0) is 11.2 Å². The van der Waals surface area contributed by atoms with Gasteiger partial charge in [0.15, 0.2) is 5.13 Å². The molecule has 0 bridgehead atoms. The number of rotatable bonds is 5. The van der Waals surface area contributed by atoms with Crippen molar-refractivity contribution in [1.82, 2.24) is 4.98 Å². The molecule has 2 aromatic carbocycles. The standard InChI is InChI=1S/C20H18Cl2N2OS/c1-19(13-20(19,21)22)17(25)24(12-11-14-7-3-2-4-8-14)18-23-15-9-5-6-10-16(15)26-18/h2-10H,11-13H2,1H3. The number of carbonyl (C=O) groups excluding carboxylic acids is 1. The Labute approximate surface area is 166 Å². The molecule has 3 aromatic rings. The van der Waals surface area contributed by atoms with Crippen molar-refractivity contribution in [2.45, 2.75) is 24.1 Å². The normalized spacial score (nSPS) is 20.9. The second kappa shape index (κ2) is 6.52. The maximum Gasteiger partial charge on any atom is 0.237 e. The van der Waals surface area contributed by atoms with Crippen LogP contribution in [0.2, 0.25) is 0 Å². The minimum Gasteiger partial charge on any atom is -0.287 e. The summed E-state index contributed by atoms with van der Waals surface area (Å²) in [4.78, 5) is 19.7. The molecule has 134 valence electrons.